The van der Waals surface area contributed by atoms with Crippen molar-refractivity contribution in [1.29, 1.82) is 0 Å². The third-order valence-electron chi connectivity index (χ3n) is 2.80. The Kier molecular flexibility index (Phi) is 5.78. The van der Waals surface area contributed by atoms with E-state index in [0.29, 0.717) is 11.6 Å². The first-order valence-electron chi connectivity index (χ1n) is 5.81. The van der Waals surface area contributed by atoms with Gasteiger partial charge in [-0.15, -0.1) is 0 Å². The summed E-state index contributed by atoms with van der Waals surface area (Å²) >= 11 is 1.78. The molecule has 0 aliphatic carbocycles. The first kappa shape index (κ1) is 14.3. The summed E-state index contributed by atoms with van der Waals surface area (Å²) in [6.45, 7) is 4.06. The molecule has 0 aromatic heterocycles. The second-order valence-electron chi connectivity index (χ2n) is 4.15. The molecule has 1 aromatic rings. The maximum absolute atomic E-state index is 13.6. The molecule has 0 spiro atoms. The van der Waals surface area contributed by atoms with Crippen molar-refractivity contribution in [3.63, 3.8) is 0 Å². The molecule has 96 valence electrons. The highest BCUT2D eigenvalue weighted by atomic mass is 32.2. The van der Waals surface area contributed by atoms with Crippen LogP contribution in [-0.2, 0) is 0 Å². The summed E-state index contributed by atoms with van der Waals surface area (Å²) in [6, 6.07) is 4.64. The highest BCUT2D eigenvalue weighted by molar-refractivity contribution is 7.98. The lowest BCUT2D eigenvalue weighted by Crippen LogP contribution is -2.33. The van der Waals surface area contributed by atoms with E-state index in [-0.39, 0.29) is 17.6 Å². The van der Waals surface area contributed by atoms with Crippen molar-refractivity contribution in [2.45, 2.75) is 32.4 Å². The summed E-state index contributed by atoms with van der Waals surface area (Å²) in [7, 11) is 0. The third kappa shape index (κ3) is 4.21. The van der Waals surface area contributed by atoms with E-state index in [9.17, 15) is 4.39 Å². The summed E-state index contributed by atoms with van der Waals surface area (Å²) in [6.07, 6.45) is 3.08. The van der Waals surface area contributed by atoms with Gasteiger partial charge in [0.1, 0.15) is 11.6 Å². The number of hydrogen-bond acceptors (Lipinski definition) is 3. The van der Waals surface area contributed by atoms with Gasteiger partial charge in [-0.1, -0.05) is 13.0 Å². The van der Waals surface area contributed by atoms with E-state index < -0.39 is 0 Å². The molecule has 0 radical (unpaired) electrons. The molecule has 0 aliphatic heterocycles. The molecule has 17 heavy (non-hydrogen) atoms. The number of halogens is 1. The molecule has 2 nitrogen and oxygen atoms in total. The van der Waals surface area contributed by atoms with Gasteiger partial charge in [-0.05, 0) is 25.7 Å². The Labute approximate surface area is 107 Å². The van der Waals surface area contributed by atoms with Crippen LogP contribution in [0.5, 0.6) is 5.75 Å². The van der Waals surface area contributed by atoms with Crippen LogP contribution in [0, 0.1) is 5.82 Å². The van der Waals surface area contributed by atoms with Crippen LogP contribution in [0.1, 0.15) is 31.9 Å². The molecule has 0 aliphatic rings. The quantitative estimate of drug-likeness (QED) is 0.820. The average Bonchev–Trinajstić information content (AvgIpc) is 2.28. The van der Waals surface area contributed by atoms with E-state index in [2.05, 4.69) is 18.5 Å². The minimum atomic E-state index is -0.357. The highest BCUT2D eigenvalue weighted by Crippen LogP contribution is 2.21. The predicted molar refractivity (Wildman–Crippen MR) is 72.1 cm³/mol. The Balaban J connectivity index is 2.71. The van der Waals surface area contributed by atoms with Gasteiger partial charge in [0.15, 0.2) is 0 Å². The summed E-state index contributed by atoms with van der Waals surface area (Å²) in [4.78, 5) is 0. The topological polar surface area (TPSA) is 32.3 Å². The Morgan fingerprint density at radius 1 is 1.47 bits per heavy atom. The average molecular weight is 257 g/mol. The summed E-state index contributed by atoms with van der Waals surface area (Å²) in [5.41, 5.74) is 0.599. The molecule has 0 saturated carbocycles. The lowest BCUT2D eigenvalue weighted by molar-refractivity contribution is 0.447. The number of phenols is 1. The van der Waals surface area contributed by atoms with Crippen LogP contribution >= 0.6 is 11.8 Å². The van der Waals surface area contributed by atoms with Crippen LogP contribution in [0.4, 0.5) is 4.39 Å². The number of benzene rings is 1. The standard InChI is InChI=1S/C13H20FNOS/c1-4-10(8-17-3)15-9(2)12-6-5-11(16)7-13(12)14/h5-7,9-10,15-16H,4,8H2,1-3H3. The first-order chi connectivity index (χ1) is 8.08. The monoisotopic (exact) mass is 257 g/mol. The number of rotatable bonds is 6. The SMILES string of the molecule is CCC(CSC)NC(C)c1ccc(O)cc1F. The van der Waals surface area contributed by atoms with Gasteiger partial charge >= 0.3 is 0 Å². The molecular formula is C13H20FNOS. The second-order valence-corrected chi connectivity index (χ2v) is 5.07. The van der Waals surface area contributed by atoms with Crippen LogP contribution in [0.2, 0.25) is 0 Å². The lowest BCUT2D eigenvalue weighted by atomic mass is 10.1. The molecule has 0 bridgehead atoms. The fraction of sp³-hybridized carbons (Fsp3) is 0.538. The number of hydrogen-bond donors (Lipinski definition) is 2. The summed E-state index contributed by atoms with van der Waals surface area (Å²) in [5.74, 6) is 0.624. The zero-order chi connectivity index (χ0) is 12.8. The van der Waals surface area contributed by atoms with E-state index >= 15 is 0 Å². The molecular weight excluding hydrogens is 237 g/mol. The number of nitrogens with one attached hydrogen (secondary N) is 1. The minimum absolute atomic E-state index is 0.0328. The molecule has 0 heterocycles. The van der Waals surface area contributed by atoms with E-state index in [1.807, 2.05) is 6.92 Å². The largest absolute Gasteiger partial charge is 0.508 e. The lowest BCUT2D eigenvalue weighted by Gasteiger charge is -2.22. The summed E-state index contributed by atoms with van der Waals surface area (Å²) in [5, 5.41) is 12.6. The van der Waals surface area contributed by atoms with Gasteiger partial charge in [0.2, 0.25) is 0 Å². The Bertz CT molecular complexity index is 359. The second kappa shape index (κ2) is 6.87. The Morgan fingerprint density at radius 3 is 2.71 bits per heavy atom. The van der Waals surface area contributed by atoms with Crippen LogP contribution < -0.4 is 5.32 Å². The van der Waals surface area contributed by atoms with Gasteiger partial charge in [0.05, 0.1) is 0 Å². The first-order valence-corrected chi connectivity index (χ1v) is 7.21. The van der Waals surface area contributed by atoms with Gasteiger partial charge in [0.25, 0.3) is 0 Å². The normalized spacial score (nSPS) is 14.6. The molecule has 0 amide bonds. The molecule has 4 heteroatoms. The highest BCUT2D eigenvalue weighted by Gasteiger charge is 2.14. The predicted octanol–water partition coefficient (Wildman–Crippen LogP) is 3.32. The van der Waals surface area contributed by atoms with Crippen LogP contribution in [-0.4, -0.2) is 23.2 Å². The van der Waals surface area contributed by atoms with E-state index in [4.69, 9.17) is 5.11 Å². The molecule has 2 atom stereocenters. The third-order valence-corrected chi connectivity index (χ3v) is 3.53. The molecule has 1 rings (SSSR count). The fourth-order valence-electron chi connectivity index (χ4n) is 1.80. The van der Waals surface area contributed by atoms with Crippen LogP contribution in [0.25, 0.3) is 0 Å². The Morgan fingerprint density at radius 2 is 2.18 bits per heavy atom. The Hall–Kier alpha value is -0.740. The minimum Gasteiger partial charge on any atom is -0.508 e. The smallest absolute Gasteiger partial charge is 0.131 e. The van der Waals surface area contributed by atoms with E-state index in [1.165, 1.54) is 6.07 Å². The molecule has 2 unspecified atom stereocenters. The van der Waals surface area contributed by atoms with Crippen molar-refractivity contribution in [3.8, 4) is 5.75 Å². The van der Waals surface area contributed by atoms with Gasteiger partial charge < -0.3 is 10.4 Å². The summed E-state index contributed by atoms with van der Waals surface area (Å²) < 4.78 is 13.6. The zero-order valence-corrected chi connectivity index (χ0v) is 11.4. The number of thioether (sulfide) groups is 1. The van der Waals surface area contributed by atoms with Gasteiger partial charge in [0, 0.05) is 29.5 Å². The van der Waals surface area contributed by atoms with Crippen LogP contribution in [0.15, 0.2) is 18.2 Å². The fourth-order valence-corrected chi connectivity index (χ4v) is 2.53. The zero-order valence-electron chi connectivity index (χ0n) is 10.5. The molecule has 0 fully saturated rings. The van der Waals surface area contributed by atoms with Crippen molar-refractivity contribution in [3.05, 3.63) is 29.6 Å². The molecule has 2 N–H and O–H groups in total. The number of aromatic hydroxyl groups is 1. The van der Waals surface area contributed by atoms with Crippen molar-refractivity contribution >= 4 is 11.8 Å². The maximum Gasteiger partial charge on any atom is 0.131 e. The van der Waals surface area contributed by atoms with E-state index in [1.54, 1.807) is 17.8 Å². The van der Waals surface area contributed by atoms with Gasteiger partial charge in [-0.2, -0.15) is 11.8 Å². The maximum atomic E-state index is 13.6. The van der Waals surface area contributed by atoms with Crippen molar-refractivity contribution in [2.75, 3.05) is 12.0 Å². The van der Waals surface area contributed by atoms with Crippen LogP contribution in [0.3, 0.4) is 0 Å². The number of phenolic OH excluding ortho intramolecular Hbond substituents is 1. The van der Waals surface area contributed by atoms with Crippen molar-refractivity contribution in [2.24, 2.45) is 0 Å². The molecule has 1 aromatic carbocycles. The van der Waals surface area contributed by atoms with Gasteiger partial charge in [-0.3, -0.25) is 0 Å². The van der Waals surface area contributed by atoms with E-state index in [0.717, 1.165) is 18.2 Å². The van der Waals surface area contributed by atoms with Crippen molar-refractivity contribution < 1.29 is 9.50 Å². The van der Waals surface area contributed by atoms with Gasteiger partial charge in [-0.25, -0.2) is 4.39 Å². The van der Waals surface area contributed by atoms with Crippen molar-refractivity contribution in [1.82, 2.24) is 5.32 Å². The molecule has 0 saturated heterocycles.